The fraction of sp³-hybridized carbons (Fsp3) is 0.148. The summed E-state index contributed by atoms with van der Waals surface area (Å²) in [7, 11) is 0. The molecular formula is C27H18F5N. The lowest BCUT2D eigenvalue weighted by Crippen LogP contribution is -1.97. The molecule has 0 bridgehead atoms. The van der Waals surface area contributed by atoms with Crippen molar-refractivity contribution >= 4 is 10.8 Å². The van der Waals surface area contributed by atoms with Crippen molar-refractivity contribution in [2.45, 2.75) is 26.2 Å². The Labute approximate surface area is 187 Å². The molecule has 0 radical (unpaired) electrons. The fourth-order valence-electron chi connectivity index (χ4n) is 3.93. The Balaban J connectivity index is 1.78. The van der Waals surface area contributed by atoms with E-state index in [9.17, 15) is 17.6 Å². The molecule has 4 rings (SSSR count). The Morgan fingerprint density at radius 1 is 0.758 bits per heavy atom. The number of benzene rings is 4. The van der Waals surface area contributed by atoms with Crippen LogP contribution in [-0.2, 0) is 6.42 Å². The lowest BCUT2D eigenvalue weighted by molar-refractivity contribution is 0.573. The summed E-state index contributed by atoms with van der Waals surface area (Å²) in [5.41, 5.74) is -0.859. The smallest absolute Gasteiger partial charge is 0.144 e. The average molecular weight is 451 g/mol. The second-order valence-corrected chi connectivity index (χ2v) is 7.83. The Morgan fingerprint density at radius 3 is 2.00 bits per heavy atom. The number of unbranched alkanes of at least 4 members (excludes halogenated alkanes) is 1. The zero-order valence-corrected chi connectivity index (χ0v) is 17.7. The van der Waals surface area contributed by atoms with Crippen molar-refractivity contribution in [1.29, 1.82) is 5.26 Å². The quantitative estimate of drug-likeness (QED) is 0.281. The number of nitriles is 1. The van der Waals surface area contributed by atoms with Crippen molar-refractivity contribution < 1.29 is 22.0 Å². The third kappa shape index (κ3) is 4.19. The van der Waals surface area contributed by atoms with Crippen LogP contribution in [0, 0.1) is 40.4 Å². The Hall–Kier alpha value is -3.72. The van der Waals surface area contributed by atoms with Crippen LogP contribution in [0.4, 0.5) is 22.0 Å². The van der Waals surface area contributed by atoms with E-state index in [1.54, 1.807) is 12.1 Å². The fourth-order valence-corrected chi connectivity index (χ4v) is 3.93. The minimum Gasteiger partial charge on any atom is -0.206 e. The maximum atomic E-state index is 15.2. The van der Waals surface area contributed by atoms with E-state index >= 15 is 4.39 Å². The molecule has 0 saturated carbocycles. The molecule has 0 fully saturated rings. The first kappa shape index (κ1) is 22.5. The van der Waals surface area contributed by atoms with Gasteiger partial charge >= 0.3 is 0 Å². The molecule has 0 unspecified atom stereocenters. The van der Waals surface area contributed by atoms with Gasteiger partial charge in [-0.1, -0.05) is 43.7 Å². The van der Waals surface area contributed by atoms with Gasteiger partial charge in [-0.25, -0.2) is 22.0 Å². The van der Waals surface area contributed by atoms with Gasteiger partial charge in [-0.05, 0) is 59.2 Å². The van der Waals surface area contributed by atoms with Gasteiger partial charge in [0.25, 0.3) is 0 Å². The number of hydrogen-bond acceptors (Lipinski definition) is 1. The highest BCUT2D eigenvalue weighted by molar-refractivity contribution is 5.89. The van der Waals surface area contributed by atoms with E-state index in [4.69, 9.17) is 5.26 Å². The highest BCUT2D eigenvalue weighted by atomic mass is 19.1. The molecule has 166 valence electrons. The highest BCUT2D eigenvalue weighted by Gasteiger charge is 2.20. The number of halogens is 5. The summed E-state index contributed by atoms with van der Waals surface area (Å²) < 4.78 is 72.9. The SMILES string of the molecule is CCCCc1ccc2c(F)c(-c3cc(F)c(-c4cc(F)c(C#N)c(F)c4)c(F)c3)ccc2c1. The lowest BCUT2D eigenvalue weighted by Gasteiger charge is -2.12. The van der Waals surface area contributed by atoms with Crippen molar-refractivity contribution in [1.82, 2.24) is 0 Å². The minimum absolute atomic E-state index is 0.00495. The zero-order chi connectivity index (χ0) is 23.7. The van der Waals surface area contributed by atoms with Crippen molar-refractivity contribution in [3.05, 3.63) is 94.8 Å². The molecule has 0 amide bonds. The topological polar surface area (TPSA) is 23.8 Å². The van der Waals surface area contributed by atoms with Gasteiger partial charge in [0.2, 0.25) is 0 Å². The van der Waals surface area contributed by atoms with Crippen LogP contribution in [0.2, 0.25) is 0 Å². The molecule has 0 N–H and O–H groups in total. The third-order valence-electron chi connectivity index (χ3n) is 5.63. The summed E-state index contributed by atoms with van der Waals surface area (Å²) >= 11 is 0. The molecule has 0 saturated heterocycles. The molecule has 0 aliphatic carbocycles. The Morgan fingerprint density at radius 2 is 1.39 bits per heavy atom. The summed E-state index contributed by atoms with van der Waals surface area (Å²) in [5, 5.41) is 9.79. The van der Waals surface area contributed by atoms with Gasteiger partial charge in [0.1, 0.15) is 40.7 Å². The number of nitrogens with zero attached hydrogens (tertiary/aromatic N) is 1. The summed E-state index contributed by atoms with van der Waals surface area (Å²) in [6, 6.07) is 13.1. The minimum atomic E-state index is -1.23. The van der Waals surface area contributed by atoms with Crippen molar-refractivity contribution in [2.75, 3.05) is 0 Å². The van der Waals surface area contributed by atoms with Crippen LogP contribution in [0.15, 0.2) is 54.6 Å². The van der Waals surface area contributed by atoms with Crippen LogP contribution < -0.4 is 0 Å². The maximum absolute atomic E-state index is 15.2. The summed E-state index contributed by atoms with van der Waals surface area (Å²) in [6.45, 7) is 2.09. The van der Waals surface area contributed by atoms with Crippen molar-refractivity contribution in [2.24, 2.45) is 0 Å². The first-order valence-corrected chi connectivity index (χ1v) is 10.4. The van der Waals surface area contributed by atoms with Gasteiger partial charge in [0.05, 0.1) is 5.56 Å². The first-order valence-electron chi connectivity index (χ1n) is 10.4. The van der Waals surface area contributed by atoms with E-state index in [1.165, 1.54) is 12.1 Å². The summed E-state index contributed by atoms with van der Waals surface area (Å²) in [5.74, 6) is -5.29. The monoisotopic (exact) mass is 451 g/mol. The molecule has 33 heavy (non-hydrogen) atoms. The molecule has 0 aliphatic rings. The van der Waals surface area contributed by atoms with Crippen LogP contribution in [0.1, 0.15) is 30.9 Å². The molecule has 0 aromatic heterocycles. The molecule has 4 aromatic rings. The Bertz CT molecular complexity index is 1370. The molecule has 6 heteroatoms. The molecular weight excluding hydrogens is 433 g/mol. The standard InChI is InChI=1S/C27H18F5N/c1-2-3-4-15-5-7-19-16(9-15)6-8-20(27(19)32)17-10-24(30)26(25(31)11-17)18-12-22(28)21(14-33)23(29)13-18/h5-13H,2-4H2,1H3. The van der Waals surface area contributed by atoms with Crippen LogP contribution in [0.3, 0.4) is 0 Å². The van der Waals surface area contributed by atoms with Crippen molar-refractivity contribution in [3.8, 4) is 28.3 Å². The van der Waals surface area contributed by atoms with Gasteiger partial charge < -0.3 is 0 Å². The molecule has 1 nitrogen and oxygen atoms in total. The molecule has 0 heterocycles. The van der Waals surface area contributed by atoms with Gasteiger partial charge in [-0.2, -0.15) is 5.26 Å². The van der Waals surface area contributed by atoms with Gasteiger partial charge in [0.15, 0.2) is 0 Å². The number of hydrogen-bond donors (Lipinski definition) is 0. The number of aryl methyl sites for hydroxylation is 1. The lowest BCUT2D eigenvalue weighted by atomic mass is 9.95. The van der Waals surface area contributed by atoms with E-state index in [0.717, 1.165) is 37.0 Å². The van der Waals surface area contributed by atoms with Crippen LogP contribution in [-0.4, -0.2) is 0 Å². The third-order valence-corrected chi connectivity index (χ3v) is 5.63. The summed E-state index contributed by atoms with van der Waals surface area (Å²) in [4.78, 5) is 0. The normalized spacial score (nSPS) is 11.1. The van der Waals surface area contributed by atoms with E-state index in [1.807, 2.05) is 12.1 Å². The number of rotatable bonds is 5. The van der Waals surface area contributed by atoms with Crippen LogP contribution >= 0.6 is 0 Å². The van der Waals surface area contributed by atoms with Gasteiger partial charge in [-0.15, -0.1) is 0 Å². The van der Waals surface area contributed by atoms with E-state index in [2.05, 4.69) is 6.92 Å². The summed E-state index contributed by atoms with van der Waals surface area (Å²) in [6.07, 6.45) is 2.94. The number of fused-ring (bicyclic) bond motifs is 1. The van der Waals surface area contributed by atoms with E-state index in [-0.39, 0.29) is 11.1 Å². The van der Waals surface area contributed by atoms with Gasteiger partial charge in [0, 0.05) is 10.9 Å². The Kier molecular flexibility index (Phi) is 6.15. The van der Waals surface area contributed by atoms with Crippen LogP contribution in [0.25, 0.3) is 33.0 Å². The maximum Gasteiger partial charge on any atom is 0.144 e. The highest BCUT2D eigenvalue weighted by Crippen LogP contribution is 2.35. The average Bonchev–Trinajstić information content (AvgIpc) is 2.77. The van der Waals surface area contributed by atoms with Crippen LogP contribution in [0.5, 0.6) is 0 Å². The predicted octanol–water partition coefficient (Wildman–Crippen LogP) is 8.08. The van der Waals surface area contributed by atoms with E-state index < -0.39 is 45.8 Å². The molecule has 0 atom stereocenters. The second kappa shape index (κ2) is 9.03. The van der Waals surface area contributed by atoms with Gasteiger partial charge in [-0.3, -0.25) is 0 Å². The predicted molar refractivity (Wildman–Crippen MR) is 118 cm³/mol. The molecule has 0 spiro atoms. The van der Waals surface area contributed by atoms with E-state index in [0.29, 0.717) is 22.9 Å². The molecule has 0 aliphatic heterocycles. The first-order chi connectivity index (χ1) is 15.8. The second-order valence-electron chi connectivity index (χ2n) is 7.83. The van der Waals surface area contributed by atoms with Crippen molar-refractivity contribution in [3.63, 3.8) is 0 Å². The largest absolute Gasteiger partial charge is 0.206 e. The zero-order valence-electron chi connectivity index (χ0n) is 17.7. The molecule has 4 aromatic carbocycles.